The van der Waals surface area contributed by atoms with Gasteiger partial charge < -0.3 is 0 Å². The van der Waals surface area contributed by atoms with Crippen LogP contribution >= 0.6 is 11.6 Å². The summed E-state index contributed by atoms with van der Waals surface area (Å²) in [6.45, 7) is 3.00. The molecule has 1 rings (SSSR count). The Morgan fingerprint density at radius 1 is 1.69 bits per heavy atom. The zero-order valence-corrected chi connectivity index (χ0v) is 8.29. The van der Waals surface area contributed by atoms with Crippen LogP contribution in [0.4, 0.5) is 0 Å². The van der Waals surface area contributed by atoms with Gasteiger partial charge in [-0.15, -0.1) is 0 Å². The minimum Gasteiger partial charge on any atom is -0.276 e. The lowest BCUT2D eigenvalue weighted by molar-refractivity contribution is -0.754. The zero-order valence-electron chi connectivity index (χ0n) is 7.53. The monoisotopic (exact) mass is 199 g/mol. The second-order valence-corrected chi connectivity index (χ2v) is 3.15. The quantitative estimate of drug-likeness (QED) is 0.545. The van der Waals surface area contributed by atoms with Crippen LogP contribution in [0.1, 0.15) is 30.1 Å². The Kier molecular flexibility index (Phi) is 3.83. The van der Waals surface area contributed by atoms with Gasteiger partial charge in [-0.05, 0) is 16.7 Å². The van der Waals surface area contributed by atoms with Gasteiger partial charge in [0.05, 0.1) is 5.56 Å². The first-order chi connectivity index (χ1) is 6.24. The van der Waals surface area contributed by atoms with Crippen LogP contribution in [-0.2, 0) is 6.54 Å². The fraction of sp³-hybridized carbons (Fsp3) is 0.444. The predicted molar refractivity (Wildman–Crippen MR) is 49.5 cm³/mol. The van der Waals surface area contributed by atoms with Crippen molar-refractivity contribution in [3.8, 4) is 0 Å². The highest BCUT2D eigenvalue weighted by atomic mass is 35.5. The van der Waals surface area contributed by atoms with Gasteiger partial charge in [0.15, 0.2) is 12.7 Å². The van der Waals surface area contributed by atoms with Crippen LogP contribution in [-0.4, -0.2) is 10.3 Å². The molecule has 0 aliphatic carbocycles. The molecule has 1 heterocycles. The summed E-state index contributed by atoms with van der Waals surface area (Å²) in [6.07, 6.45) is 5.48. The van der Waals surface area contributed by atoms with E-state index < -0.39 is 5.24 Å². The molecule has 0 unspecified atom stereocenters. The zero-order chi connectivity index (χ0) is 9.68. The Balaban J connectivity index is 2.64. The van der Waals surface area contributed by atoms with Gasteiger partial charge in [-0.3, -0.25) is 4.79 Å². The van der Waals surface area contributed by atoms with Gasteiger partial charge in [0.2, 0.25) is 0 Å². The van der Waals surface area contributed by atoms with Gasteiger partial charge in [0, 0.05) is 12.5 Å². The molecule has 0 aliphatic heterocycles. The molecule has 0 spiro atoms. The summed E-state index contributed by atoms with van der Waals surface area (Å²) in [6, 6.07) is 1.68. The number of unbranched alkanes of at least 4 members (excludes halogenated alkanes) is 1. The summed E-state index contributed by atoms with van der Waals surface area (Å²) in [5, 5.41) is 3.59. The maximum Gasteiger partial charge on any atom is 0.254 e. The van der Waals surface area contributed by atoms with Gasteiger partial charge in [0.25, 0.3) is 5.24 Å². The smallest absolute Gasteiger partial charge is 0.254 e. The standard InChI is InChI=1S/C9H12ClN2O/c1-2-3-5-12-6-4-8(7-11-12)9(10)13/h4,6-7H,2-3,5H2,1H3/q+1. The lowest BCUT2D eigenvalue weighted by atomic mass is 10.3. The van der Waals surface area contributed by atoms with Crippen LogP contribution in [0.3, 0.4) is 0 Å². The van der Waals surface area contributed by atoms with Crippen molar-refractivity contribution in [1.82, 2.24) is 5.10 Å². The third-order valence-corrected chi connectivity index (χ3v) is 1.96. The summed E-state index contributed by atoms with van der Waals surface area (Å²) in [5.74, 6) is 0. The van der Waals surface area contributed by atoms with E-state index in [9.17, 15) is 4.79 Å². The number of rotatable bonds is 4. The lowest BCUT2D eigenvalue weighted by Crippen LogP contribution is -2.37. The third kappa shape index (κ3) is 3.11. The molecule has 3 nitrogen and oxygen atoms in total. The first-order valence-corrected chi connectivity index (χ1v) is 4.67. The Bertz CT molecular complexity index is 284. The fourth-order valence-electron chi connectivity index (χ4n) is 0.953. The Labute approximate surface area is 82.3 Å². The second kappa shape index (κ2) is 4.92. The van der Waals surface area contributed by atoms with E-state index >= 15 is 0 Å². The molecular formula is C9H12ClN2O+. The molecule has 0 atom stereocenters. The minimum atomic E-state index is -0.463. The Morgan fingerprint density at radius 3 is 2.92 bits per heavy atom. The SMILES string of the molecule is CCCC[n+]1ccc(C(=O)Cl)cn1. The van der Waals surface area contributed by atoms with Crippen LogP contribution in [0.15, 0.2) is 18.5 Å². The summed E-state index contributed by atoms with van der Waals surface area (Å²) in [5.41, 5.74) is 0.439. The molecule has 0 N–H and O–H groups in total. The fourth-order valence-corrected chi connectivity index (χ4v) is 1.06. The van der Waals surface area contributed by atoms with Crippen LogP contribution in [0, 0.1) is 0 Å². The highest BCUT2D eigenvalue weighted by Crippen LogP contribution is 1.98. The largest absolute Gasteiger partial charge is 0.276 e. The van der Waals surface area contributed by atoms with Crippen LogP contribution < -0.4 is 4.68 Å². The van der Waals surface area contributed by atoms with E-state index in [1.807, 2.05) is 0 Å². The van der Waals surface area contributed by atoms with E-state index in [2.05, 4.69) is 12.0 Å². The van der Waals surface area contributed by atoms with Crippen LogP contribution in [0.5, 0.6) is 0 Å². The van der Waals surface area contributed by atoms with E-state index in [0.717, 1.165) is 19.4 Å². The van der Waals surface area contributed by atoms with Gasteiger partial charge in [-0.1, -0.05) is 18.0 Å². The molecule has 1 aromatic heterocycles. The van der Waals surface area contributed by atoms with E-state index in [4.69, 9.17) is 11.6 Å². The molecule has 0 saturated heterocycles. The van der Waals surface area contributed by atoms with Crippen molar-refractivity contribution in [3.63, 3.8) is 0 Å². The Hall–Kier alpha value is -0.960. The molecule has 13 heavy (non-hydrogen) atoms. The second-order valence-electron chi connectivity index (χ2n) is 2.81. The average molecular weight is 200 g/mol. The molecule has 0 aromatic carbocycles. The normalized spacial score (nSPS) is 10.0. The van der Waals surface area contributed by atoms with Crippen molar-refractivity contribution in [3.05, 3.63) is 24.0 Å². The highest BCUT2D eigenvalue weighted by Gasteiger charge is 2.05. The van der Waals surface area contributed by atoms with Crippen molar-refractivity contribution in [1.29, 1.82) is 0 Å². The van der Waals surface area contributed by atoms with Crippen molar-refractivity contribution < 1.29 is 9.48 Å². The van der Waals surface area contributed by atoms with Crippen LogP contribution in [0.25, 0.3) is 0 Å². The van der Waals surface area contributed by atoms with Gasteiger partial charge in [-0.25, -0.2) is 0 Å². The van der Waals surface area contributed by atoms with Crippen molar-refractivity contribution in [2.45, 2.75) is 26.3 Å². The van der Waals surface area contributed by atoms with Crippen molar-refractivity contribution >= 4 is 16.8 Å². The summed E-state index contributed by atoms with van der Waals surface area (Å²) in [7, 11) is 0. The molecule has 70 valence electrons. The lowest BCUT2D eigenvalue weighted by Gasteiger charge is -1.92. The summed E-state index contributed by atoms with van der Waals surface area (Å²) in [4.78, 5) is 10.7. The highest BCUT2D eigenvalue weighted by molar-refractivity contribution is 6.67. The molecule has 0 aliphatic rings. The maximum absolute atomic E-state index is 10.7. The third-order valence-electron chi connectivity index (χ3n) is 1.74. The maximum atomic E-state index is 10.7. The molecule has 0 saturated carbocycles. The van der Waals surface area contributed by atoms with E-state index in [1.54, 1.807) is 16.9 Å². The molecule has 0 radical (unpaired) electrons. The van der Waals surface area contributed by atoms with E-state index in [0.29, 0.717) is 5.56 Å². The molecule has 0 amide bonds. The topological polar surface area (TPSA) is 33.8 Å². The first-order valence-electron chi connectivity index (χ1n) is 4.29. The average Bonchev–Trinajstić information content (AvgIpc) is 2.15. The molecule has 1 aromatic rings. The summed E-state index contributed by atoms with van der Waals surface area (Å²) < 4.78 is 1.80. The summed E-state index contributed by atoms with van der Waals surface area (Å²) >= 11 is 5.27. The minimum absolute atomic E-state index is 0.439. The number of nitrogens with zero attached hydrogens (tertiary/aromatic N) is 2. The van der Waals surface area contributed by atoms with E-state index in [-0.39, 0.29) is 0 Å². The van der Waals surface area contributed by atoms with Gasteiger partial charge in [-0.2, -0.15) is 0 Å². The number of carbonyl (C=O) groups excluding carboxylic acids is 1. The number of hydrogen-bond donors (Lipinski definition) is 0. The molecule has 4 heteroatoms. The van der Waals surface area contributed by atoms with Gasteiger partial charge in [0.1, 0.15) is 6.20 Å². The van der Waals surface area contributed by atoms with E-state index in [1.165, 1.54) is 6.20 Å². The number of halogens is 1. The Morgan fingerprint density at radius 2 is 2.46 bits per heavy atom. The predicted octanol–water partition coefficient (Wildman–Crippen LogP) is 1.55. The van der Waals surface area contributed by atoms with Crippen LogP contribution in [0.2, 0.25) is 0 Å². The van der Waals surface area contributed by atoms with Gasteiger partial charge >= 0.3 is 0 Å². The number of aryl methyl sites for hydroxylation is 1. The molecule has 0 fully saturated rings. The number of carbonyl (C=O) groups is 1. The van der Waals surface area contributed by atoms with Crippen molar-refractivity contribution in [2.75, 3.05) is 0 Å². The molecule has 0 bridgehead atoms. The number of aromatic nitrogens is 2. The van der Waals surface area contributed by atoms with Crippen molar-refractivity contribution in [2.24, 2.45) is 0 Å². The number of hydrogen-bond acceptors (Lipinski definition) is 2. The molecular weight excluding hydrogens is 188 g/mol. The first kappa shape index (κ1) is 10.1.